The average Bonchev–Trinajstić information content (AvgIpc) is 2.41. The summed E-state index contributed by atoms with van der Waals surface area (Å²) in [6.07, 6.45) is 0. The van der Waals surface area contributed by atoms with Crippen LogP contribution in [0.2, 0.25) is 0 Å². The lowest BCUT2D eigenvalue weighted by molar-refractivity contribution is 0.340. The SMILES string of the molecule is CCOc1cccc(C(N)c2cc(C)ccc2Br)c1. The maximum Gasteiger partial charge on any atom is 0.119 e. The van der Waals surface area contributed by atoms with E-state index in [1.807, 2.05) is 37.3 Å². The number of hydrogen-bond acceptors (Lipinski definition) is 2. The maximum absolute atomic E-state index is 6.37. The van der Waals surface area contributed by atoms with Gasteiger partial charge >= 0.3 is 0 Å². The first kappa shape index (κ1) is 14.1. The molecule has 1 unspecified atom stereocenters. The van der Waals surface area contributed by atoms with E-state index in [1.54, 1.807) is 0 Å². The summed E-state index contributed by atoms with van der Waals surface area (Å²) in [7, 11) is 0. The molecule has 0 saturated carbocycles. The van der Waals surface area contributed by atoms with Crippen molar-refractivity contribution in [3.8, 4) is 5.75 Å². The third kappa shape index (κ3) is 3.37. The summed E-state index contributed by atoms with van der Waals surface area (Å²) in [6.45, 7) is 4.70. The molecule has 0 spiro atoms. The van der Waals surface area contributed by atoms with Crippen LogP contribution < -0.4 is 10.5 Å². The van der Waals surface area contributed by atoms with Crippen molar-refractivity contribution in [2.45, 2.75) is 19.9 Å². The van der Waals surface area contributed by atoms with Gasteiger partial charge in [0.05, 0.1) is 12.6 Å². The molecule has 0 saturated heterocycles. The van der Waals surface area contributed by atoms with Crippen LogP contribution in [0.4, 0.5) is 0 Å². The zero-order chi connectivity index (χ0) is 13.8. The molecular weight excluding hydrogens is 302 g/mol. The Morgan fingerprint density at radius 2 is 2.00 bits per heavy atom. The molecule has 2 N–H and O–H groups in total. The van der Waals surface area contributed by atoms with Crippen molar-refractivity contribution in [1.82, 2.24) is 0 Å². The predicted molar refractivity (Wildman–Crippen MR) is 82.5 cm³/mol. The molecule has 0 aliphatic rings. The first-order valence-electron chi connectivity index (χ1n) is 6.36. The second kappa shape index (κ2) is 6.22. The van der Waals surface area contributed by atoms with E-state index in [-0.39, 0.29) is 6.04 Å². The van der Waals surface area contributed by atoms with E-state index in [4.69, 9.17) is 10.5 Å². The number of halogens is 1. The fourth-order valence-corrected chi connectivity index (χ4v) is 2.54. The van der Waals surface area contributed by atoms with Gasteiger partial charge in [0.2, 0.25) is 0 Å². The van der Waals surface area contributed by atoms with Crippen molar-refractivity contribution < 1.29 is 4.74 Å². The summed E-state index contributed by atoms with van der Waals surface area (Å²) < 4.78 is 6.55. The molecule has 2 aromatic carbocycles. The highest BCUT2D eigenvalue weighted by molar-refractivity contribution is 9.10. The Morgan fingerprint density at radius 1 is 1.21 bits per heavy atom. The number of nitrogens with two attached hydrogens (primary N) is 1. The lowest BCUT2D eigenvalue weighted by Gasteiger charge is -2.16. The predicted octanol–water partition coefficient (Wildman–Crippen LogP) is 4.20. The van der Waals surface area contributed by atoms with Crippen LogP contribution in [0, 0.1) is 6.92 Å². The van der Waals surface area contributed by atoms with Gasteiger partial charge in [-0.25, -0.2) is 0 Å². The molecular formula is C16H18BrNO. The number of rotatable bonds is 4. The van der Waals surface area contributed by atoms with E-state index in [0.29, 0.717) is 6.61 Å². The fraction of sp³-hybridized carbons (Fsp3) is 0.250. The summed E-state index contributed by atoms with van der Waals surface area (Å²) in [6, 6.07) is 14.0. The normalized spacial score (nSPS) is 12.2. The van der Waals surface area contributed by atoms with Gasteiger partial charge in [0.1, 0.15) is 5.75 Å². The Labute approximate surface area is 122 Å². The average molecular weight is 320 g/mol. The Kier molecular flexibility index (Phi) is 4.61. The van der Waals surface area contributed by atoms with E-state index in [2.05, 4.69) is 35.0 Å². The highest BCUT2D eigenvalue weighted by Gasteiger charge is 2.13. The standard InChI is InChI=1S/C16H18BrNO/c1-3-19-13-6-4-5-12(10-13)16(18)14-9-11(2)7-8-15(14)17/h4-10,16H,3,18H2,1-2H3. The van der Waals surface area contributed by atoms with E-state index in [9.17, 15) is 0 Å². The highest BCUT2D eigenvalue weighted by Crippen LogP contribution is 2.29. The molecule has 0 aliphatic heterocycles. The van der Waals surface area contributed by atoms with Gasteiger partial charge in [-0.1, -0.05) is 45.8 Å². The molecule has 19 heavy (non-hydrogen) atoms. The lowest BCUT2D eigenvalue weighted by atomic mass is 9.98. The van der Waals surface area contributed by atoms with Gasteiger partial charge in [-0.2, -0.15) is 0 Å². The minimum Gasteiger partial charge on any atom is -0.494 e. The second-order valence-corrected chi connectivity index (χ2v) is 5.36. The number of benzene rings is 2. The molecule has 1 atom stereocenters. The largest absolute Gasteiger partial charge is 0.494 e. The van der Waals surface area contributed by atoms with Crippen molar-refractivity contribution in [3.05, 3.63) is 63.6 Å². The molecule has 0 fully saturated rings. The molecule has 2 rings (SSSR count). The van der Waals surface area contributed by atoms with Crippen LogP contribution in [0.15, 0.2) is 46.9 Å². The minimum absolute atomic E-state index is 0.158. The maximum atomic E-state index is 6.37. The van der Waals surface area contributed by atoms with E-state index < -0.39 is 0 Å². The highest BCUT2D eigenvalue weighted by atomic mass is 79.9. The zero-order valence-corrected chi connectivity index (χ0v) is 12.8. The van der Waals surface area contributed by atoms with Crippen LogP contribution in [0.25, 0.3) is 0 Å². The van der Waals surface area contributed by atoms with Gasteiger partial charge in [0, 0.05) is 4.47 Å². The Bertz CT molecular complexity index is 568. The van der Waals surface area contributed by atoms with Crippen LogP contribution in [0.5, 0.6) is 5.75 Å². The second-order valence-electron chi connectivity index (χ2n) is 4.51. The molecule has 3 heteroatoms. The van der Waals surface area contributed by atoms with Crippen LogP contribution in [0.3, 0.4) is 0 Å². The summed E-state index contributed by atoms with van der Waals surface area (Å²) in [5, 5.41) is 0. The number of hydrogen-bond donors (Lipinski definition) is 1. The summed E-state index contributed by atoms with van der Waals surface area (Å²) in [4.78, 5) is 0. The summed E-state index contributed by atoms with van der Waals surface area (Å²) >= 11 is 3.57. The van der Waals surface area contributed by atoms with Gasteiger partial charge in [0.25, 0.3) is 0 Å². The Balaban J connectivity index is 2.35. The summed E-state index contributed by atoms with van der Waals surface area (Å²) in [5.74, 6) is 0.860. The number of ether oxygens (including phenoxy) is 1. The molecule has 100 valence electrons. The molecule has 0 aliphatic carbocycles. The molecule has 2 nitrogen and oxygen atoms in total. The van der Waals surface area contributed by atoms with Gasteiger partial charge in [0.15, 0.2) is 0 Å². The van der Waals surface area contributed by atoms with Crippen LogP contribution >= 0.6 is 15.9 Å². The van der Waals surface area contributed by atoms with Gasteiger partial charge < -0.3 is 10.5 Å². The van der Waals surface area contributed by atoms with Crippen molar-refractivity contribution in [1.29, 1.82) is 0 Å². The third-order valence-electron chi connectivity index (χ3n) is 3.01. The molecule has 0 aromatic heterocycles. The topological polar surface area (TPSA) is 35.2 Å². The quantitative estimate of drug-likeness (QED) is 0.916. The van der Waals surface area contributed by atoms with Crippen LogP contribution in [-0.4, -0.2) is 6.61 Å². The van der Waals surface area contributed by atoms with E-state index >= 15 is 0 Å². The molecule has 0 radical (unpaired) electrons. The third-order valence-corrected chi connectivity index (χ3v) is 3.74. The molecule has 0 heterocycles. The smallest absolute Gasteiger partial charge is 0.119 e. The van der Waals surface area contributed by atoms with Crippen LogP contribution in [-0.2, 0) is 0 Å². The van der Waals surface area contributed by atoms with Crippen molar-refractivity contribution in [2.75, 3.05) is 6.61 Å². The van der Waals surface area contributed by atoms with E-state index in [1.165, 1.54) is 5.56 Å². The molecule has 0 amide bonds. The molecule has 2 aromatic rings. The van der Waals surface area contributed by atoms with Crippen molar-refractivity contribution >= 4 is 15.9 Å². The Morgan fingerprint density at radius 3 is 2.74 bits per heavy atom. The minimum atomic E-state index is -0.158. The monoisotopic (exact) mass is 319 g/mol. The zero-order valence-electron chi connectivity index (χ0n) is 11.2. The fourth-order valence-electron chi connectivity index (χ4n) is 2.05. The van der Waals surface area contributed by atoms with Crippen molar-refractivity contribution in [2.24, 2.45) is 5.73 Å². The summed E-state index contributed by atoms with van der Waals surface area (Å²) in [5.41, 5.74) is 9.71. The van der Waals surface area contributed by atoms with Gasteiger partial charge in [-0.05, 0) is 43.2 Å². The van der Waals surface area contributed by atoms with Gasteiger partial charge in [-0.15, -0.1) is 0 Å². The van der Waals surface area contributed by atoms with Crippen molar-refractivity contribution in [3.63, 3.8) is 0 Å². The molecule has 0 bridgehead atoms. The lowest BCUT2D eigenvalue weighted by Crippen LogP contribution is -2.13. The first-order chi connectivity index (χ1) is 9.11. The Hall–Kier alpha value is -1.32. The van der Waals surface area contributed by atoms with Crippen LogP contribution in [0.1, 0.15) is 29.7 Å². The van der Waals surface area contributed by atoms with Gasteiger partial charge in [-0.3, -0.25) is 0 Å². The first-order valence-corrected chi connectivity index (χ1v) is 7.15. The van der Waals surface area contributed by atoms with E-state index in [0.717, 1.165) is 21.3 Å². The number of aryl methyl sites for hydroxylation is 1.